The van der Waals surface area contributed by atoms with Crippen molar-refractivity contribution >= 4 is 33.0 Å². The van der Waals surface area contributed by atoms with Crippen molar-refractivity contribution in [3.8, 4) is 6.07 Å². The van der Waals surface area contributed by atoms with Crippen molar-refractivity contribution in [3.63, 3.8) is 0 Å². The van der Waals surface area contributed by atoms with E-state index in [9.17, 15) is 4.79 Å². The van der Waals surface area contributed by atoms with Gasteiger partial charge in [-0.1, -0.05) is 18.2 Å². The molecule has 1 aromatic carbocycles. The number of carbonyl (C=O) groups is 1. The standard InChI is InChI=1S/C14H15N3OS/c1-9(2)17-13(18)8-16-14-10-5-3-4-6-11(10)19-12(14)7-15/h3-6,9,16H,8H2,1-2H3,(H,17,18). The lowest BCUT2D eigenvalue weighted by Crippen LogP contribution is -2.34. The summed E-state index contributed by atoms with van der Waals surface area (Å²) in [7, 11) is 0. The largest absolute Gasteiger partial charge is 0.374 e. The van der Waals surface area contributed by atoms with E-state index in [1.54, 1.807) is 0 Å². The van der Waals surface area contributed by atoms with Crippen LogP contribution in [-0.2, 0) is 4.79 Å². The van der Waals surface area contributed by atoms with Crippen LogP contribution in [0.5, 0.6) is 0 Å². The molecule has 0 radical (unpaired) electrons. The van der Waals surface area contributed by atoms with Gasteiger partial charge in [0.05, 0.1) is 12.2 Å². The third kappa shape index (κ3) is 3.04. The maximum atomic E-state index is 11.6. The van der Waals surface area contributed by atoms with Crippen molar-refractivity contribution in [2.75, 3.05) is 11.9 Å². The summed E-state index contributed by atoms with van der Waals surface area (Å²) in [4.78, 5) is 12.2. The lowest BCUT2D eigenvalue weighted by Gasteiger charge is -2.09. The molecule has 0 spiro atoms. The van der Waals surface area contributed by atoms with Gasteiger partial charge in [-0.15, -0.1) is 11.3 Å². The smallest absolute Gasteiger partial charge is 0.239 e. The minimum Gasteiger partial charge on any atom is -0.374 e. The molecule has 0 saturated carbocycles. The number of anilines is 1. The van der Waals surface area contributed by atoms with Gasteiger partial charge in [-0.2, -0.15) is 5.26 Å². The van der Waals surface area contributed by atoms with E-state index in [0.29, 0.717) is 4.88 Å². The monoisotopic (exact) mass is 273 g/mol. The molecule has 1 heterocycles. The van der Waals surface area contributed by atoms with Crippen LogP contribution in [0.3, 0.4) is 0 Å². The molecule has 98 valence electrons. The first-order chi connectivity index (χ1) is 9.11. The average Bonchev–Trinajstić information content (AvgIpc) is 2.73. The fourth-order valence-corrected chi connectivity index (χ4v) is 2.82. The Bertz CT molecular complexity index is 640. The van der Waals surface area contributed by atoms with E-state index >= 15 is 0 Å². The van der Waals surface area contributed by atoms with Crippen LogP contribution in [0.25, 0.3) is 10.1 Å². The van der Waals surface area contributed by atoms with Crippen LogP contribution in [0, 0.1) is 11.3 Å². The van der Waals surface area contributed by atoms with Gasteiger partial charge in [-0.25, -0.2) is 0 Å². The maximum absolute atomic E-state index is 11.6. The third-order valence-electron chi connectivity index (χ3n) is 2.57. The zero-order valence-electron chi connectivity index (χ0n) is 10.9. The Balaban J connectivity index is 2.20. The van der Waals surface area contributed by atoms with Gasteiger partial charge in [0.15, 0.2) is 0 Å². The second-order valence-corrected chi connectivity index (χ2v) is 5.54. The number of rotatable bonds is 4. The maximum Gasteiger partial charge on any atom is 0.239 e. The predicted molar refractivity (Wildman–Crippen MR) is 78.3 cm³/mol. The second kappa shape index (κ2) is 5.72. The summed E-state index contributed by atoms with van der Waals surface area (Å²) in [5, 5.41) is 16.0. The molecule has 2 aromatic rings. The Morgan fingerprint density at radius 3 is 2.84 bits per heavy atom. The summed E-state index contributed by atoms with van der Waals surface area (Å²) in [5.74, 6) is -0.0748. The molecular formula is C14H15N3OS. The van der Waals surface area contributed by atoms with Crippen molar-refractivity contribution in [2.45, 2.75) is 19.9 Å². The first-order valence-corrected chi connectivity index (χ1v) is 6.88. The Labute approximate surface area is 116 Å². The summed E-state index contributed by atoms with van der Waals surface area (Å²) >= 11 is 1.43. The molecule has 2 N–H and O–H groups in total. The molecule has 0 bridgehead atoms. The lowest BCUT2D eigenvalue weighted by atomic mass is 10.2. The van der Waals surface area contributed by atoms with Crippen molar-refractivity contribution in [3.05, 3.63) is 29.1 Å². The number of thiophene rings is 1. The zero-order chi connectivity index (χ0) is 13.8. The summed E-state index contributed by atoms with van der Waals surface area (Å²) < 4.78 is 1.05. The van der Waals surface area contributed by atoms with Crippen LogP contribution in [0.2, 0.25) is 0 Å². The van der Waals surface area contributed by atoms with Gasteiger partial charge < -0.3 is 10.6 Å². The molecule has 19 heavy (non-hydrogen) atoms. The molecule has 5 heteroatoms. The first kappa shape index (κ1) is 13.4. The van der Waals surface area contributed by atoms with E-state index in [1.165, 1.54) is 11.3 Å². The van der Waals surface area contributed by atoms with Gasteiger partial charge in [0, 0.05) is 16.1 Å². The van der Waals surface area contributed by atoms with Gasteiger partial charge >= 0.3 is 0 Å². The van der Waals surface area contributed by atoms with Crippen LogP contribution in [-0.4, -0.2) is 18.5 Å². The number of nitriles is 1. The van der Waals surface area contributed by atoms with Crippen LogP contribution in [0.1, 0.15) is 18.7 Å². The molecule has 0 unspecified atom stereocenters. The molecule has 0 atom stereocenters. The molecule has 0 fully saturated rings. The number of carbonyl (C=O) groups excluding carboxylic acids is 1. The molecule has 1 amide bonds. The summed E-state index contributed by atoms with van der Waals surface area (Å²) in [6, 6.07) is 10.1. The average molecular weight is 273 g/mol. The molecule has 2 rings (SSSR count). The van der Waals surface area contributed by atoms with E-state index in [2.05, 4.69) is 16.7 Å². The van der Waals surface area contributed by atoms with E-state index < -0.39 is 0 Å². The minimum atomic E-state index is -0.0748. The quantitative estimate of drug-likeness (QED) is 0.900. The topological polar surface area (TPSA) is 64.9 Å². The Hall–Kier alpha value is -2.06. The highest BCUT2D eigenvalue weighted by Crippen LogP contribution is 2.34. The summed E-state index contributed by atoms with van der Waals surface area (Å²) in [6.45, 7) is 4.00. The Morgan fingerprint density at radius 2 is 2.16 bits per heavy atom. The number of benzene rings is 1. The Kier molecular flexibility index (Phi) is 4.03. The predicted octanol–water partition coefficient (Wildman–Crippen LogP) is 2.71. The van der Waals surface area contributed by atoms with Crippen molar-refractivity contribution in [1.29, 1.82) is 5.26 Å². The summed E-state index contributed by atoms with van der Waals surface area (Å²) in [6.07, 6.45) is 0. The van der Waals surface area contributed by atoms with Crippen LogP contribution in [0.15, 0.2) is 24.3 Å². The highest BCUT2D eigenvalue weighted by Gasteiger charge is 2.12. The fourth-order valence-electron chi connectivity index (χ4n) is 1.84. The molecule has 4 nitrogen and oxygen atoms in total. The van der Waals surface area contributed by atoms with Crippen LogP contribution < -0.4 is 10.6 Å². The van der Waals surface area contributed by atoms with Crippen LogP contribution >= 0.6 is 11.3 Å². The van der Waals surface area contributed by atoms with E-state index in [1.807, 2.05) is 38.1 Å². The minimum absolute atomic E-state index is 0.0748. The number of hydrogen-bond acceptors (Lipinski definition) is 4. The molecule has 0 aliphatic heterocycles. The molecule has 0 aliphatic rings. The number of nitrogens with one attached hydrogen (secondary N) is 2. The normalized spacial score (nSPS) is 10.4. The van der Waals surface area contributed by atoms with Gasteiger partial charge in [-0.3, -0.25) is 4.79 Å². The van der Waals surface area contributed by atoms with Gasteiger partial charge in [0.25, 0.3) is 0 Å². The van der Waals surface area contributed by atoms with Crippen molar-refractivity contribution in [2.24, 2.45) is 0 Å². The lowest BCUT2D eigenvalue weighted by molar-refractivity contribution is -0.119. The number of fused-ring (bicyclic) bond motifs is 1. The van der Waals surface area contributed by atoms with Gasteiger partial charge in [0.1, 0.15) is 10.9 Å². The Morgan fingerprint density at radius 1 is 1.42 bits per heavy atom. The van der Waals surface area contributed by atoms with Crippen LogP contribution in [0.4, 0.5) is 5.69 Å². The number of hydrogen-bond donors (Lipinski definition) is 2. The zero-order valence-corrected chi connectivity index (χ0v) is 11.7. The first-order valence-electron chi connectivity index (χ1n) is 6.06. The summed E-state index contributed by atoms with van der Waals surface area (Å²) in [5.41, 5.74) is 0.752. The van der Waals surface area contributed by atoms with Gasteiger partial charge in [0.2, 0.25) is 5.91 Å². The SMILES string of the molecule is CC(C)NC(=O)CNc1c(C#N)sc2ccccc12. The fraction of sp³-hybridized carbons (Fsp3) is 0.286. The highest BCUT2D eigenvalue weighted by molar-refractivity contribution is 7.20. The van der Waals surface area contributed by atoms with Crippen molar-refractivity contribution < 1.29 is 4.79 Å². The van der Waals surface area contributed by atoms with Gasteiger partial charge in [-0.05, 0) is 19.9 Å². The molecule has 0 saturated heterocycles. The molecule has 0 aliphatic carbocycles. The third-order valence-corrected chi connectivity index (χ3v) is 3.65. The molecular weight excluding hydrogens is 258 g/mol. The van der Waals surface area contributed by atoms with E-state index in [0.717, 1.165) is 15.8 Å². The number of amides is 1. The molecule has 1 aromatic heterocycles. The van der Waals surface area contributed by atoms with E-state index in [4.69, 9.17) is 5.26 Å². The van der Waals surface area contributed by atoms with E-state index in [-0.39, 0.29) is 18.5 Å². The second-order valence-electron chi connectivity index (χ2n) is 4.49. The van der Waals surface area contributed by atoms with Crippen molar-refractivity contribution in [1.82, 2.24) is 5.32 Å². The number of nitrogens with zero attached hydrogens (tertiary/aromatic N) is 1. The highest BCUT2D eigenvalue weighted by atomic mass is 32.1.